The van der Waals surface area contributed by atoms with Gasteiger partial charge in [0.2, 0.25) is 5.91 Å². The molecule has 1 N–H and O–H groups in total. The number of hydrogen-bond acceptors (Lipinski definition) is 4. The number of carbonyl (C=O) groups excluding carboxylic acids is 1. The summed E-state index contributed by atoms with van der Waals surface area (Å²) in [7, 11) is 1.57. The van der Waals surface area contributed by atoms with Gasteiger partial charge in [-0.25, -0.2) is 4.68 Å². The SMILES string of the molecule is COCCN(CC(C)C)C(=O)Cn1[nH]c(=O)c2ccccc2c1=O. The Balaban J connectivity index is 2.30. The van der Waals surface area contributed by atoms with Crippen LogP contribution in [0.5, 0.6) is 0 Å². The third kappa shape index (κ3) is 4.11. The fourth-order valence-electron chi connectivity index (χ4n) is 2.55. The molecule has 0 unspecified atom stereocenters. The first kappa shape index (κ1) is 17.9. The molecule has 0 atom stereocenters. The van der Waals surface area contributed by atoms with Crippen molar-refractivity contribution < 1.29 is 9.53 Å². The minimum atomic E-state index is -0.384. The van der Waals surface area contributed by atoms with Gasteiger partial charge in [-0.05, 0) is 18.1 Å². The van der Waals surface area contributed by atoms with E-state index in [-0.39, 0.29) is 29.5 Å². The lowest BCUT2D eigenvalue weighted by atomic mass is 10.2. The molecule has 0 aliphatic carbocycles. The summed E-state index contributed by atoms with van der Waals surface area (Å²) in [4.78, 5) is 38.8. The van der Waals surface area contributed by atoms with Crippen molar-refractivity contribution in [1.29, 1.82) is 0 Å². The van der Waals surface area contributed by atoms with E-state index in [1.165, 1.54) is 0 Å². The number of fused-ring (bicyclic) bond motifs is 1. The number of carbonyl (C=O) groups is 1. The molecule has 2 rings (SSSR count). The maximum atomic E-state index is 12.5. The molecule has 1 aromatic carbocycles. The van der Waals surface area contributed by atoms with Gasteiger partial charge in [0.25, 0.3) is 11.1 Å². The summed E-state index contributed by atoms with van der Waals surface area (Å²) in [5.41, 5.74) is -0.764. The molecule has 0 fully saturated rings. The fraction of sp³-hybridized carbons (Fsp3) is 0.471. The molecule has 7 nitrogen and oxygen atoms in total. The predicted octanol–water partition coefficient (Wildman–Crippen LogP) is 0.821. The van der Waals surface area contributed by atoms with Gasteiger partial charge in [-0.2, -0.15) is 0 Å². The van der Waals surface area contributed by atoms with Crippen LogP contribution in [0.2, 0.25) is 0 Å². The van der Waals surface area contributed by atoms with Crippen LogP contribution >= 0.6 is 0 Å². The smallest absolute Gasteiger partial charge is 0.273 e. The molecule has 0 bridgehead atoms. The van der Waals surface area contributed by atoms with Gasteiger partial charge in [0.1, 0.15) is 6.54 Å². The summed E-state index contributed by atoms with van der Waals surface area (Å²) < 4.78 is 6.11. The molecule has 0 aliphatic rings. The number of nitrogens with one attached hydrogen (secondary N) is 1. The van der Waals surface area contributed by atoms with E-state index >= 15 is 0 Å². The van der Waals surface area contributed by atoms with E-state index in [1.807, 2.05) is 13.8 Å². The Bertz CT molecular complexity index is 822. The average Bonchev–Trinajstić information content (AvgIpc) is 2.55. The maximum absolute atomic E-state index is 12.5. The van der Waals surface area contributed by atoms with Crippen LogP contribution in [0.4, 0.5) is 0 Å². The normalized spacial score (nSPS) is 11.2. The highest BCUT2D eigenvalue weighted by molar-refractivity contribution is 5.81. The van der Waals surface area contributed by atoms with E-state index in [1.54, 1.807) is 36.3 Å². The van der Waals surface area contributed by atoms with E-state index in [2.05, 4.69) is 5.10 Å². The van der Waals surface area contributed by atoms with E-state index < -0.39 is 0 Å². The predicted molar refractivity (Wildman–Crippen MR) is 92.1 cm³/mol. The number of aromatic nitrogens is 2. The Morgan fingerprint density at radius 3 is 2.54 bits per heavy atom. The van der Waals surface area contributed by atoms with Crippen molar-refractivity contribution in [2.45, 2.75) is 20.4 Å². The Kier molecular flexibility index (Phi) is 5.92. The zero-order valence-corrected chi connectivity index (χ0v) is 14.2. The second-order valence-electron chi connectivity index (χ2n) is 6.10. The maximum Gasteiger partial charge on any atom is 0.273 e. The minimum Gasteiger partial charge on any atom is -0.383 e. The number of H-pyrrole nitrogens is 1. The highest BCUT2D eigenvalue weighted by Crippen LogP contribution is 2.04. The van der Waals surface area contributed by atoms with Crippen LogP contribution in [-0.2, 0) is 16.1 Å². The number of ether oxygens (including phenoxy) is 1. The largest absolute Gasteiger partial charge is 0.383 e. The minimum absolute atomic E-state index is 0.199. The number of amides is 1. The lowest BCUT2D eigenvalue weighted by Crippen LogP contribution is -2.42. The molecule has 2 aromatic rings. The molecule has 1 heterocycles. The summed E-state index contributed by atoms with van der Waals surface area (Å²) in [5, 5.41) is 3.11. The number of methoxy groups -OCH3 is 1. The van der Waals surface area contributed by atoms with E-state index in [0.29, 0.717) is 30.5 Å². The Hall–Kier alpha value is -2.41. The third-order valence-corrected chi connectivity index (χ3v) is 3.68. The van der Waals surface area contributed by atoms with Crippen molar-refractivity contribution in [1.82, 2.24) is 14.7 Å². The Morgan fingerprint density at radius 1 is 1.25 bits per heavy atom. The van der Waals surface area contributed by atoms with Crippen molar-refractivity contribution >= 4 is 16.7 Å². The summed E-state index contributed by atoms with van der Waals surface area (Å²) in [5.74, 6) is 0.0620. The number of aromatic amines is 1. The van der Waals surface area contributed by atoms with Crippen LogP contribution in [0.1, 0.15) is 13.8 Å². The molecular weight excluding hydrogens is 310 g/mol. The molecule has 0 aliphatic heterocycles. The quantitative estimate of drug-likeness (QED) is 0.813. The van der Waals surface area contributed by atoms with Crippen molar-refractivity contribution in [3.63, 3.8) is 0 Å². The lowest BCUT2D eigenvalue weighted by molar-refractivity contribution is -0.133. The second-order valence-corrected chi connectivity index (χ2v) is 6.10. The third-order valence-electron chi connectivity index (χ3n) is 3.68. The molecule has 0 spiro atoms. The van der Waals surface area contributed by atoms with Gasteiger partial charge < -0.3 is 9.64 Å². The Labute approximate surface area is 139 Å². The van der Waals surface area contributed by atoms with Gasteiger partial charge in [0.15, 0.2) is 0 Å². The van der Waals surface area contributed by atoms with Gasteiger partial charge in [0.05, 0.1) is 17.4 Å². The van der Waals surface area contributed by atoms with Gasteiger partial charge in [0, 0.05) is 20.2 Å². The van der Waals surface area contributed by atoms with E-state index in [0.717, 1.165) is 4.68 Å². The zero-order chi connectivity index (χ0) is 17.7. The molecule has 130 valence electrons. The summed E-state index contributed by atoms with van der Waals surface area (Å²) in [6, 6.07) is 6.57. The fourth-order valence-corrected chi connectivity index (χ4v) is 2.55. The topological polar surface area (TPSA) is 84.4 Å². The van der Waals surface area contributed by atoms with E-state index in [9.17, 15) is 14.4 Å². The molecule has 0 saturated carbocycles. The molecule has 1 aromatic heterocycles. The number of nitrogens with zero attached hydrogens (tertiary/aromatic N) is 2. The number of rotatable bonds is 7. The monoisotopic (exact) mass is 333 g/mol. The van der Waals surface area contributed by atoms with Gasteiger partial charge in [-0.15, -0.1) is 0 Å². The van der Waals surface area contributed by atoms with Gasteiger partial charge >= 0.3 is 0 Å². The first-order valence-electron chi connectivity index (χ1n) is 7.92. The highest BCUT2D eigenvalue weighted by Gasteiger charge is 2.17. The molecule has 24 heavy (non-hydrogen) atoms. The van der Waals surface area contributed by atoms with Crippen LogP contribution in [-0.4, -0.2) is 47.4 Å². The van der Waals surface area contributed by atoms with Gasteiger partial charge in [-0.3, -0.25) is 19.5 Å². The zero-order valence-electron chi connectivity index (χ0n) is 14.2. The highest BCUT2D eigenvalue weighted by atomic mass is 16.5. The average molecular weight is 333 g/mol. The van der Waals surface area contributed by atoms with Crippen LogP contribution in [0.15, 0.2) is 33.9 Å². The van der Waals surface area contributed by atoms with Crippen LogP contribution in [0.25, 0.3) is 10.8 Å². The van der Waals surface area contributed by atoms with Crippen molar-refractivity contribution in [3.8, 4) is 0 Å². The van der Waals surface area contributed by atoms with E-state index in [4.69, 9.17) is 4.74 Å². The van der Waals surface area contributed by atoms with Crippen molar-refractivity contribution in [2.75, 3.05) is 26.8 Å². The lowest BCUT2D eigenvalue weighted by Gasteiger charge is -2.24. The molecule has 0 radical (unpaired) electrons. The number of hydrogen-bond donors (Lipinski definition) is 1. The number of benzene rings is 1. The first-order valence-corrected chi connectivity index (χ1v) is 7.92. The Morgan fingerprint density at radius 2 is 1.92 bits per heavy atom. The van der Waals surface area contributed by atoms with Crippen LogP contribution in [0, 0.1) is 5.92 Å². The molecular formula is C17H23N3O4. The van der Waals surface area contributed by atoms with Crippen LogP contribution in [0.3, 0.4) is 0 Å². The molecule has 0 saturated heterocycles. The standard InChI is InChI=1S/C17H23N3O4/c1-12(2)10-19(8-9-24-3)15(21)11-20-17(23)14-7-5-4-6-13(14)16(22)18-20/h4-7,12H,8-11H2,1-3H3,(H,18,22). The molecule has 7 heteroatoms. The molecule has 1 amide bonds. The first-order chi connectivity index (χ1) is 11.4. The summed E-state index contributed by atoms with van der Waals surface area (Å²) >= 11 is 0. The van der Waals surface area contributed by atoms with Gasteiger partial charge in [-0.1, -0.05) is 26.0 Å². The summed E-state index contributed by atoms with van der Waals surface area (Å²) in [6.45, 7) is 5.25. The second kappa shape index (κ2) is 7.92. The van der Waals surface area contributed by atoms with Crippen molar-refractivity contribution in [2.24, 2.45) is 5.92 Å². The van der Waals surface area contributed by atoms with Crippen molar-refractivity contribution in [3.05, 3.63) is 45.0 Å². The summed E-state index contributed by atoms with van der Waals surface area (Å²) in [6.07, 6.45) is 0. The van der Waals surface area contributed by atoms with Crippen LogP contribution < -0.4 is 11.1 Å².